The summed E-state index contributed by atoms with van der Waals surface area (Å²) in [6, 6.07) is 6.75. The second-order valence-electron chi connectivity index (χ2n) is 5.98. The molecule has 1 aliphatic rings. The number of hydrogen-bond donors (Lipinski definition) is 1. The van der Waals surface area contributed by atoms with E-state index in [2.05, 4.69) is 44.3 Å². The third-order valence-electron chi connectivity index (χ3n) is 4.43. The number of amides is 1. The van der Waals surface area contributed by atoms with Gasteiger partial charge in [0.15, 0.2) is 0 Å². The molecule has 0 bridgehead atoms. The minimum absolute atomic E-state index is 0.217. The van der Waals surface area contributed by atoms with Crippen LogP contribution in [0.5, 0.6) is 0 Å². The fourth-order valence-corrected chi connectivity index (χ4v) is 3.00. The molecule has 1 N–H and O–H groups in total. The third kappa shape index (κ3) is 3.21. The predicted molar refractivity (Wildman–Crippen MR) is 82.7 cm³/mol. The van der Waals surface area contributed by atoms with E-state index in [1.165, 1.54) is 16.7 Å². The van der Waals surface area contributed by atoms with Crippen LogP contribution in [-0.4, -0.2) is 30.9 Å². The summed E-state index contributed by atoms with van der Waals surface area (Å²) in [4.78, 5) is 14.1. The highest BCUT2D eigenvalue weighted by molar-refractivity contribution is 5.78. The molecule has 0 spiro atoms. The highest BCUT2D eigenvalue weighted by Gasteiger charge is 2.30. The molecule has 2 rings (SSSR count). The number of hydrogen-bond acceptors (Lipinski definition) is 2. The molecular weight excluding hydrogens is 248 g/mol. The molecule has 1 heterocycles. The molecule has 1 amide bonds. The Morgan fingerprint density at radius 2 is 2.15 bits per heavy atom. The van der Waals surface area contributed by atoms with Crippen molar-refractivity contribution in [2.45, 2.75) is 39.7 Å². The summed E-state index contributed by atoms with van der Waals surface area (Å²) in [5.41, 5.74) is 3.86. The van der Waals surface area contributed by atoms with E-state index in [-0.39, 0.29) is 6.04 Å². The first-order chi connectivity index (χ1) is 9.55. The first kappa shape index (κ1) is 15.0. The third-order valence-corrected chi connectivity index (χ3v) is 4.43. The van der Waals surface area contributed by atoms with E-state index in [1.807, 2.05) is 11.9 Å². The van der Waals surface area contributed by atoms with Crippen molar-refractivity contribution in [2.24, 2.45) is 5.92 Å². The van der Waals surface area contributed by atoms with Crippen LogP contribution in [0.3, 0.4) is 0 Å². The summed E-state index contributed by atoms with van der Waals surface area (Å²) in [5, 5.41) is 3.37. The molecule has 3 heteroatoms. The fourth-order valence-electron chi connectivity index (χ4n) is 3.00. The normalized spacial score (nSPS) is 20.5. The van der Waals surface area contributed by atoms with Gasteiger partial charge < -0.3 is 10.2 Å². The van der Waals surface area contributed by atoms with E-state index < -0.39 is 0 Å². The number of benzene rings is 1. The zero-order valence-corrected chi connectivity index (χ0v) is 13.1. The number of nitrogens with one attached hydrogen (secondary N) is 1. The topological polar surface area (TPSA) is 32.3 Å². The minimum atomic E-state index is 0.217. The van der Waals surface area contributed by atoms with Crippen LogP contribution >= 0.6 is 0 Å². The molecular formula is C17H26N2O. The Hall–Kier alpha value is -1.35. The van der Waals surface area contributed by atoms with Crippen LogP contribution in [0.4, 0.5) is 0 Å². The lowest BCUT2D eigenvalue weighted by atomic mass is 9.98. The van der Waals surface area contributed by atoms with Crippen molar-refractivity contribution in [2.75, 3.05) is 20.1 Å². The predicted octanol–water partition coefficient (Wildman–Crippen LogP) is 2.82. The van der Waals surface area contributed by atoms with Crippen molar-refractivity contribution in [3.8, 4) is 0 Å². The summed E-state index contributed by atoms with van der Waals surface area (Å²) in [6.07, 6.45) is 1.82. The van der Waals surface area contributed by atoms with Crippen molar-refractivity contribution >= 4 is 5.91 Å². The maximum absolute atomic E-state index is 12.1. The monoisotopic (exact) mass is 274 g/mol. The van der Waals surface area contributed by atoms with Gasteiger partial charge in [0.2, 0.25) is 5.91 Å². The molecule has 1 fully saturated rings. The Balaban J connectivity index is 2.13. The van der Waals surface area contributed by atoms with E-state index in [0.717, 1.165) is 25.9 Å². The number of likely N-dealkylation sites (tertiary alicyclic amines) is 1. The molecule has 2 atom stereocenters. The summed E-state index contributed by atoms with van der Waals surface area (Å²) in [6.45, 7) is 8.11. The van der Waals surface area contributed by atoms with Gasteiger partial charge in [0.25, 0.3) is 0 Å². The summed E-state index contributed by atoms with van der Waals surface area (Å²) in [5.74, 6) is 0.848. The maximum Gasteiger partial charge on any atom is 0.222 e. The Morgan fingerprint density at radius 1 is 1.40 bits per heavy atom. The number of rotatable bonds is 5. The Kier molecular flexibility index (Phi) is 4.81. The number of nitrogens with zero attached hydrogens (tertiary/aromatic N) is 1. The molecule has 110 valence electrons. The molecule has 1 aromatic rings. The van der Waals surface area contributed by atoms with Gasteiger partial charge in [0.05, 0.1) is 0 Å². The van der Waals surface area contributed by atoms with Crippen LogP contribution in [0.2, 0.25) is 0 Å². The highest BCUT2D eigenvalue weighted by atomic mass is 16.2. The average molecular weight is 274 g/mol. The minimum Gasteiger partial charge on any atom is -0.340 e. The van der Waals surface area contributed by atoms with Crippen molar-refractivity contribution < 1.29 is 4.79 Å². The fraction of sp³-hybridized carbons (Fsp3) is 0.588. The molecule has 1 aromatic carbocycles. The maximum atomic E-state index is 12.1. The number of carbonyl (C=O) groups is 1. The smallest absolute Gasteiger partial charge is 0.222 e. The van der Waals surface area contributed by atoms with Gasteiger partial charge in [-0.25, -0.2) is 0 Å². The number of aryl methyl sites for hydroxylation is 2. The van der Waals surface area contributed by atoms with Crippen LogP contribution < -0.4 is 5.32 Å². The van der Waals surface area contributed by atoms with E-state index in [9.17, 15) is 4.79 Å². The van der Waals surface area contributed by atoms with Gasteiger partial charge in [-0.3, -0.25) is 4.79 Å². The average Bonchev–Trinajstić information content (AvgIpc) is 2.79. The van der Waals surface area contributed by atoms with Crippen LogP contribution in [-0.2, 0) is 4.79 Å². The Labute approximate surface area is 122 Å². The van der Waals surface area contributed by atoms with Crippen molar-refractivity contribution in [1.82, 2.24) is 10.2 Å². The number of likely N-dealkylation sites (N-methyl/N-ethyl adjacent to an activating group) is 1. The van der Waals surface area contributed by atoms with Gasteiger partial charge in [-0.15, -0.1) is 0 Å². The molecule has 0 saturated carbocycles. The van der Waals surface area contributed by atoms with Gasteiger partial charge in [-0.2, -0.15) is 0 Å². The summed E-state index contributed by atoms with van der Waals surface area (Å²) >= 11 is 0. The van der Waals surface area contributed by atoms with Crippen molar-refractivity contribution in [1.29, 1.82) is 0 Å². The van der Waals surface area contributed by atoms with E-state index in [1.54, 1.807) is 0 Å². The van der Waals surface area contributed by atoms with Crippen molar-refractivity contribution in [3.05, 3.63) is 34.9 Å². The van der Waals surface area contributed by atoms with Gasteiger partial charge in [0.1, 0.15) is 0 Å². The zero-order valence-electron chi connectivity index (χ0n) is 13.1. The van der Waals surface area contributed by atoms with Crippen LogP contribution in [0.1, 0.15) is 42.5 Å². The molecule has 0 aliphatic carbocycles. The van der Waals surface area contributed by atoms with Crippen LogP contribution in [0.15, 0.2) is 18.2 Å². The standard InChI is InChI=1S/C17H26N2O/c1-5-14-9-17(20)19(10-14)11-16(18-4)15-8-12(2)6-7-13(15)3/h6-8,14,16,18H,5,9-11H2,1-4H3. The molecule has 1 saturated heterocycles. The van der Waals surface area contributed by atoms with Crippen molar-refractivity contribution in [3.63, 3.8) is 0 Å². The lowest BCUT2D eigenvalue weighted by molar-refractivity contribution is -0.128. The Bertz CT molecular complexity index is 484. The first-order valence-corrected chi connectivity index (χ1v) is 7.57. The summed E-state index contributed by atoms with van der Waals surface area (Å²) in [7, 11) is 1.98. The molecule has 0 radical (unpaired) electrons. The largest absolute Gasteiger partial charge is 0.340 e. The van der Waals surface area contributed by atoms with Crippen LogP contribution in [0, 0.1) is 19.8 Å². The van der Waals surface area contributed by atoms with Gasteiger partial charge >= 0.3 is 0 Å². The van der Waals surface area contributed by atoms with E-state index >= 15 is 0 Å². The summed E-state index contributed by atoms with van der Waals surface area (Å²) < 4.78 is 0. The lowest BCUT2D eigenvalue weighted by Crippen LogP contribution is -2.35. The SMILES string of the molecule is CCC1CC(=O)N(CC(NC)c2cc(C)ccc2C)C1. The number of carbonyl (C=O) groups excluding carboxylic acids is 1. The second kappa shape index (κ2) is 6.40. The molecule has 3 nitrogen and oxygen atoms in total. The zero-order chi connectivity index (χ0) is 14.7. The Morgan fingerprint density at radius 3 is 2.75 bits per heavy atom. The quantitative estimate of drug-likeness (QED) is 0.895. The molecule has 0 aromatic heterocycles. The molecule has 1 aliphatic heterocycles. The molecule has 2 unspecified atom stereocenters. The lowest BCUT2D eigenvalue weighted by Gasteiger charge is -2.25. The second-order valence-corrected chi connectivity index (χ2v) is 5.98. The highest BCUT2D eigenvalue weighted by Crippen LogP contribution is 2.25. The van der Waals surface area contributed by atoms with Gasteiger partial charge in [-0.05, 0) is 37.9 Å². The van der Waals surface area contributed by atoms with Gasteiger partial charge in [0, 0.05) is 25.6 Å². The van der Waals surface area contributed by atoms with E-state index in [0.29, 0.717) is 11.8 Å². The van der Waals surface area contributed by atoms with Gasteiger partial charge in [-0.1, -0.05) is 37.1 Å². The molecule has 20 heavy (non-hydrogen) atoms. The first-order valence-electron chi connectivity index (χ1n) is 7.57. The van der Waals surface area contributed by atoms with Crippen LogP contribution in [0.25, 0.3) is 0 Å². The van der Waals surface area contributed by atoms with E-state index in [4.69, 9.17) is 0 Å².